The van der Waals surface area contributed by atoms with Gasteiger partial charge in [0.25, 0.3) is 0 Å². The molecule has 1 aromatic heterocycles. The van der Waals surface area contributed by atoms with Crippen LogP contribution in [0.25, 0.3) is 0 Å². The van der Waals surface area contributed by atoms with Crippen molar-refractivity contribution in [3.05, 3.63) is 58.2 Å². The molecular weight excluding hydrogens is 276 g/mol. The van der Waals surface area contributed by atoms with Crippen molar-refractivity contribution >= 4 is 21.7 Å². The van der Waals surface area contributed by atoms with Crippen LogP contribution in [0.2, 0.25) is 0 Å². The van der Waals surface area contributed by atoms with Crippen LogP contribution < -0.4 is 5.32 Å². The standard InChI is InChI=1S/C14H15BrN2/c1-10-3-8-14(16-9-10)17-11(2)12-4-6-13(15)7-5-12/h3-9,11H,1-2H3,(H,16,17). The SMILES string of the molecule is Cc1ccc(NC(C)c2ccc(Br)cc2)nc1. The summed E-state index contributed by atoms with van der Waals surface area (Å²) >= 11 is 3.44. The maximum atomic E-state index is 4.34. The Kier molecular flexibility index (Phi) is 3.79. The van der Waals surface area contributed by atoms with Gasteiger partial charge in [-0.1, -0.05) is 34.1 Å². The number of nitrogens with one attached hydrogen (secondary N) is 1. The lowest BCUT2D eigenvalue weighted by Gasteiger charge is -2.15. The van der Waals surface area contributed by atoms with Crippen molar-refractivity contribution in [3.8, 4) is 0 Å². The third-order valence-electron chi connectivity index (χ3n) is 2.65. The van der Waals surface area contributed by atoms with Gasteiger partial charge >= 0.3 is 0 Å². The molecule has 2 nitrogen and oxygen atoms in total. The summed E-state index contributed by atoms with van der Waals surface area (Å²) in [7, 11) is 0. The van der Waals surface area contributed by atoms with E-state index >= 15 is 0 Å². The highest BCUT2D eigenvalue weighted by Crippen LogP contribution is 2.20. The van der Waals surface area contributed by atoms with Crippen molar-refractivity contribution < 1.29 is 0 Å². The van der Waals surface area contributed by atoms with Crippen molar-refractivity contribution in [3.63, 3.8) is 0 Å². The van der Waals surface area contributed by atoms with Gasteiger partial charge in [0.05, 0.1) is 0 Å². The smallest absolute Gasteiger partial charge is 0.126 e. The fraction of sp³-hybridized carbons (Fsp3) is 0.214. The molecule has 0 saturated carbocycles. The number of anilines is 1. The molecule has 1 unspecified atom stereocenters. The first-order chi connectivity index (χ1) is 8.15. The van der Waals surface area contributed by atoms with Crippen molar-refractivity contribution in [2.75, 3.05) is 5.32 Å². The minimum absolute atomic E-state index is 0.248. The van der Waals surface area contributed by atoms with Crippen molar-refractivity contribution in [2.24, 2.45) is 0 Å². The van der Waals surface area contributed by atoms with Gasteiger partial charge in [-0.25, -0.2) is 4.98 Å². The quantitative estimate of drug-likeness (QED) is 0.910. The highest BCUT2D eigenvalue weighted by molar-refractivity contribution is 9.10. The molecule has 88 valence electrons. The summed E-state index contributed by atoms with van der Waals surface area (Å²) in [5.74, 6) is 0.908. The molecule has 0 aliphatic rings. The molecular formula is C14H15BrN2. The molecule has 1 heterocycles. The van der Waals surface area contributed by atoms with Crippen LogP contribution in [0, 0.1) is 6.92 Å². The Balaban J connectivity index is 2.08. The Labute approximate surface area is 110 Å². The van der Waals surface area contributed by atoms with Crippen molar-refractivity contribution in [1.29, 1.82) is 0 Å². The summed E-state index contributed by atoms with van der Waals surface area (Å²) in [6.07, 6.45) is 1.87. The minimum atomic E-state index is 0.248. The summed E-state index contributed by atoms with van der Waals surface area (Å²) in [6, 6.07) is 12.6. The maximum Gasteiger partial charge on any atom is 0.126 e. The van der Waals surface area contributed by atoms with E-state index in [1.165, 1.54) is 11.1 Å². The van der Waals surface area contributed by atoms with Gasteiger partial charge in [-0.2, -0.15) is 0 Å². The number of nitrogens with zero attached hydrogens (tertiary/aromatic N) is 1. The highest BCUT2D eigenvalue weighted by Gasteiger charge is 2.05. The van der Waals surface area contributed by atoms with E-state index in [2.05, 4.69) is 63.5 Å². The molecule has 0 saturated heterocycles. The van der Waals surface area contributed by atoms with Gasteiger partial charge in [0.1, 0.15) is 5.82 Å². The monoisotopic (exact) mass is 290 g/mol. The van der Waals surface area contributed by atoms with E-state index in [1.807, 2.05) is 19.2 Å². The lowest BCUT2D eigenvalue weighted by molar-refractivity contribution is 0.874. The average molecular weight is 291 g/mol. The number of aryl methyl sites for hydroxylation is 1. The van der Waals surface area contributed by atoms with Gasteiger partial charge in [0.15, 0.2) is 0 Å². The molecule has 1 aromatic carbocycles. The summed E-state index contributed by atoms with van der Waals surface area (Å²) < 4.78 is 1.10. The molecule has 2 aromatic rings. The number of hydrogen-bond acceptors (Lipinski definition) is 2. The molecule has 0 aliphatic carbocycles. The molecule has 1 atom stereocenters. The molecule has 0 radical (unpaired) electrons. The lowest BCUT2D eigenvalue weighted by atomic mass is 10.1. The Hall–Kier alpha value is -1.35. The summed E-state index contributed by atoms with van der Waals surface area (Å²) in [5, 5.41) is 3.38. The van der Waals surface area contributed by atoms with E-state index in [0.717, 1.165) is 10.3 Å². The van der Waals surface area contributed by atoms with Crippen LogP contribution in [-0.4, -0.2) is 4.98 Å². The third-order valence-corrected chi connectivity index (χ3v) is 3.17. The Bertz CT molecular complexity index is 477. The van der Waals surface area contributed by atoms with Crippen LogP contribution in [0.3, 0.4) is 0 Å². The summed E-state index contributed by atoms with van der Waals surface area (Å²) in [6.45, 7) is 4.17. The predicted molar refractivity (Wildman–Crippen MR) is 75.2 cm³/mol. The number of benzene rings is 1. The normalized spacial score (nSPS) is 12.2. The molecule has 0 amide bonds. The molecule has 17 heavy (non-hydrogen) atoms. The number of rotatable bonds is 3. The average Bonchev–Trinajstić information content (AvgIpc) is 2.33. The molecule has 0 aliphatic heterocycles. The Morgan fingerprint density at radius 2 is 1.82 bits per heavy atom. The van der Waals surface area contributed by atoms with Crippen molar-refractivity contribution in [2.45, 2.75) is 19.9 Å². The second kappa shape index (κ2) is 5.32. The van der Waals surface area contributed by atoms with Crippen LogP contribution in [0.4, 0.5) is 5.82 Å². The van der Waals surface area contributed by atoms with Gasteiger partial charge in [-0.15, -0.1) is 0 Å². The zero-order valence-corrected chi connectivity index (χ0v) is 11.5. The zero-order valence-electron chi connectivity index (χ0n) is 9.94. The van der Waals surface area contributed by atoms with Crippen LogP contribution in [0.15, 0.2) is 47.1 Å². The van der Waals surface area contributed by atoms with Crippen LogP contribution in [-0.2, 0) is 0 Å². The first kappa shape index (κ1) is 12.1. The fourth-order valence-corrected chi connectivity index (χ4v) is 1.87. The molecule has 3 heteroatoms. The number of aromatic nitrogens is 1. The molecule has 0 spiro atoms. The topological polar surface area (TPSA) is 24.9 Å². The summed E-state index contributed by atoms with van der Waals surface area (Å²) in [5.41, 5.74) is 2.42. The van der Waals surface area contributed by atoms with Crippen LogP contribution >= 0.6 is 15.9 Å². The lowest BCUT2D eigenvalue weighted by Crippen LogP contribution is -2.07. The maximum absolute atomic E-state index is 4.34. The Morgan fingerprint density at radius 3 is 2.41 bits per heavy atom. The first-order valence-corrected chi connectivity index (χ1v) is 6.39. The molecule has 0 fully saturated rings. The number of hydrogen-bond donors (Lipinski definition) is 1. The van der Waals surface area contributed by atoms with E-state index in [4.69, 9.17) is 0 Å². The van der Waals surface area contributed by atoms with E-state index in [0.29, 0.717) is 0 Å². The van der Waals surface area contributed by atoms with Gasteiger partial charge < -0.3 is 5.32 Å². The molecule has 1 N–H and O–H groups in total. The predicted octanol–water partition coefficient (Wildman–Crippen LogP) is 4.33. The minimum Gasteiger partial charge on any atom is -0.364 e. The molecule has 2 rings (SSSR count). The van der Waals surface area contributed by atoms with Gasteiger partial charge in [0, 0.05) is 16.7 Å². The number of halogens is 1. The second-order valence-electron chi connectivity index (χ2n) is 4.14. The van der Waals surface area contributed by atoms with Crippen LogP contribution in [0.1, 0.15) is 24.1 Å². The Morgan fingerprint density at radius 1 is 1.12 bits per heavy atom. The first-order valence-electron chi connectivity index (χ1n) is 5.60. The zero-order chi connectivity index (χ0) is 12.3. The van der Waals surface area contributed by atoms with E-state index in [-0.39, 0.29) is 6.04 Å². The van der Waals surface area contributed by atoms with Crippen molar-refractivity contribution in [1.82, 2.24) is 4.98 Å². The van der Waals surface area contributed by atoms with Gasteiger partial charge in [-0.3, -0.25) is 0 Å². The third kappa shape index (κ3) is 3.30. The van der Waals surface area contributed by atoms with Gasteiger partial charge in [0.2, 0.25) is 0 Å². The fourth-order valence-electron chi connectivity index (χ4n) is 1.61. The second-order valence-corrected chi connectivity index (χ2v) is 5.05. The van der Waals surface area contributed by atoms with Gasteiger partial charge in [-0.05, 0) is 43.2 Å². The molecule has 0 bridgehead atoms. The van der Waals surface area contributed by atoms with Crippen LogP contribution in [0.5, 0.6) is 0 Å². The van der Waals surface area contributed by atoms with E-state index in [1.54, 1.807) is 0 Å². The van der Waals surface area contributed by atoms with E-state index < -0.39 is 0 Å². The van der Waals surface area contributed by atoms with E-state index in [9.17, 15) is 0 Å². The largest absolute Gasteiger partial charge is 0.364 e. The number of pyridine rings is 1. The highest BCUT2D eigenvalue weighted by atomic mass is 79.9. The summed E-state index contributed by atoms with van der Waals surface area (Å²) in [4.78, 5) is 4.34.